The summed E-state index contributed by atoms with van der Waals surface area (Å²) in [7, 11) is 1.82. The van der Waals surface area contributed by atoms with E-state index in [0.717, 1.165) is 19.6 Å². The van der Waals surface area contributed by atoms with E-state index < -0.39 is 0 Å². The quantitative estimate of drug-likeness (QED) is 0.709. The van der Waals surface area contributed by atoms with Gasteiger partial charge in [-0.2, -0.15) is 0 Å². The van der Waals surface area contributed by atoms with Crippen LogP contribution in [0.2, 0.25) is 0 Å². The van der Waals surface area contributed by atoms with Gasteiger partial charge < -0.3 is 9.47 Å². The Morgan fingerprint density at radius 3 is 2.93 bits per heavy atom. The van der Waals surface area contributed by atoms with Crippen LogP contribution in [0.4, 0.5) is 0 Å². The van der Waals surface area contributed by atoms with Crippen LogP contribution in [0, 0.1) is 0 Å². The molecule has 2 saturated heterocycles. The van der Waals surface area contributed by atoms with E-state index in [9.17, 15) is 0 Å². The average Bonchev–Trinajstić information content (AvgIpc) is 2.70. The normalized spacial score (nSPS) is 36.4. The maximum absolute atomic E-state index is 5.83. The Kier molecular flexibility index (Phi) is 3.33. The van der Waals surface area contributed by atoms with E-state index >= 15 is 0 Å². The lowest BCUT2D eigenvalue weighted by Gasteiger charge is -2.32. The number of methoxy groups -OCH3 is 1. The Hall–Kier alpha value is -0.120. The van der Waals surface area contributed by atoms with Crippen molar-refractivity contribution >= 4 is 0 Å². The van der Waals surface area contributed by atoms with Gasteiger partial charge in [0.25, 0.3) is 0 Å². The van der Waals surface area contributed by atoms with Crippen molar-refractivity contribution in [2.45, 2.75) is 50.9 Å². The van der Waals surface area contributed by atoms with Crippen molar-refractivity contribution in [1.29, 1.82) is 0 Å². The number of rotatable bonds is 4. The standard InChI is InChI=1S/C12H23NO2/c1-10(2)15-9-12-5-4-6-13(12)8-11(7-12)14-3/h10-11H,4-9H2,1-3H3/t11-,12-/m1/s1. The highest BCUT2D eigenvalue weighted by molar-refractivity contribution is 5.03. The van der Waals surface area contributed by atoms with Crippen LogP contribution in [0.3, 0.4) is 0 Å². The zero-order valence-electron chi connectivity index (χ0n) is 10.2. The minimum absolute atomic E-state index is 0.297. The monoisotopic (exact) mass is 213 g/mol. The summed E-state index contributed by atoms with van der Waals surface area (Å²) >= 11 is 0. The van der Waals surface area contributed by atoms with E-state index in [-0.39, 0.29) is 0 Å². The fraction of sp³-hybridized carbons (Fsp3) is 1.00. The molecule has 2 rings (SSSR count). The SMILES string of the molecule is CO[C@H]1CN2CCC[C@]2(COC(C)C)C1. The molecule has 0 bridgehead atoms. The van der Waals surface area contributed by atoms with Crippen molar-refractivity contribution in [3.63, 3.8) is 0 Å². The van der Waals surface area contributed by atoms with Crippen molar-refractivity contribution < 1.29 is 9.47 Å². The summed E-state index contributed by atoms with van der Waals surface area (Å²) in [6.45, 7) is 7.42. The molecule has 2 aliphatic rings. The first-order chi connectivity index (χ1) is 7.16. The summed E-state index contributed by atoms with van der Waals surface area (Å²) in [6.07, 6.45) is 4.50. The fourth-order valence-corrected chi connectivity index (χ4v) is 2.95. The number of hydrogen-bond acceptors (Lipinski definition) is 3. The van der Waals surface area contributed by atoms with Gasteiger partial charge in [-0.1, -0.05) is 0 Å². The largest absolute Gasteiger partial charge is 0.380 e. The van der Waals surface area contributed by atoms with Gasteiger partial charge in [0, 0.05) is 19.2 Å². The summed E-state index contributed by atoms with van der Waals surface area (Å²) < 4.78 is 11.3. The molecule has 0 spiro atoms. The highest BCUT2D eigenvalue weighted by atomic mass is 16.5. The van der Waals surface area contributed by atoms with E-state index in [0.29, 0.717) is 17.7 Å². The lowest BCUT2D eigenvalue weighted by atomic mass is 9.94. The Labute approximate surface area is 92.7 Å². The summed E-state index contributed by atoms with van der Waals surface area (Å²) in [6, 6.07) is 0. The van der Waals surface area contributed by atoms with Crippen LogP contribution in [-0.4, -0.2) is 49.5 Å². The van der Waals surface area contributed by atoms with Crippen LogP contribution in [0.15, 0.2) is 0 Å². The third-order valence-corrected chi connectivity index (χ3v) is 3.79. The minimum Gasteiger partial charge on any atom is -0.380 e. The molecule has 0 saturated carbocycles. The van der Waals surface area contributed by atoms with Gasteiger partial charge in [0.05, 0.1) is 18.8 Å². The number of ether oxygens (including phenoxy) is 2. The summed E-state index contributed by atoms with van der Waals surface area (Å²) in [5, 5.41) is 0. The molecule has 0 radical (unpaired) electrons. The van der Waals surface area contributed by atoms with E-state index in [2.05, 4.69) is 18.7 Å². The van der Waals surface area contributed by atoms with E-state index in [1.54, 1.807) is 0 Å². The van der Waals surface area contributed by atoms with Crippen LogP contribution in [0.25, 0.3) is 0 Å². The number of hydrogen-bond donors (Lipinski definition) is 0. The second-order valence-corrected chi connectivity index (χ2v) is 5.20. The predicted molar refractivity (Wildman–Crippen MR) is 60.0 cm³/mol. The maximum Gasteiger partial charge on any atom is 0.0716 e. The van der Waals surface area contributed by atoms with E-state index in [1.807, 2.05) is 7.11 Å². The molecule has 3 heteroatoms. The van der Waals surface area contributed by atoms with Gasteiger partial charge in [-0.05, 0) is 39.7 Å². The smallest absolute Gasteiger partial charge is 0.0716 e. The first kappa shape index (κ1) is 11.4. The van der Waals surface area contributed by atoms with Crippen LogP contribution in [-0.2, 0) is 9.47 Å². The van der Waals surface area contributed by atoms with Crippen LogP contribution >= 0.6 is 0 Å². The first-order valence-corrected chi connectivity index (χ1v) is 6.06. The van der Waals surface area contributed by atoms with Gasteiger partial charge in [-0.3, -0.25) is 4.90 Å². The topological polar surface area (TPSA) is 21.7 Å². The third kappa shape index (κ3) is 2.19. The molecular formula is C12H23NO2. The van der Waals surface area contributed by atoms with Crippen LogP contribution in [0.5, 0.6) is 0 Å². The molecule has 2 heterocycles. The van der Waals surface area contributed by atoms with E-state index in [1.165, 1.54) is 19.4 Å². The van der Waals surface area contributed by atoms with Crippen LogP contribution < -0.4 is 0 Å². The van der Waals surface area contributed by atoms with Crippen molar-refractivity contribution in [3.8, 4) is 0 Å². The lowest BCUT2D eigenvalue weighted by Crippen LogP contribution is -2.43. The number of fused-ring (bicyclic) bond motifs is 1. The van der Waals surface area contributed by atoms with Gasteiger partial charge in [0.15, 0.2) is 0 Å². The molecule has 0 aliphatic carbocycles. The highest BCUT2D eigenvalue weighted by Gasteiger charge is 2.48. The number of nitrogens with zero attached hydrogens (tertiary/aromatic N) is 1. The lowest BCUT2D eigenvalue weighted by molar-refractivity contribution is 0.00185. The van der Waals surface area contributed by atoms with Gasteiger partial charge in [-0.25, -0.2) is 0 Å². The second kappa shape index (κ2) is 4.40. The molecule has 0 N–H and O–H groups in total. The molecule has 2 atom stereocenters. The van der Waals surface area contributed by atoms with E-state index in [4.69, 9.17) is 9.47 Å². The molecule has 2 aliphatic heterocycles. The molecule has 2 fully saturated rings. The maximum atomic E-state index is 5.83. The Bertz CT molecular complexity index is 220. The zero-order valence-corrected chi connectivity index (χ0v) is 10.2. The molecule has 0 amide bonds. The molecule has 3 nitrogen and oxygen atoms in total. The molecule has 0 aromatic rings. The molecule has 15 heavy (non-hydrogen) atoms. The van der Waals surface area contributed by atoms with Gasteiger partial charge in [-0.15, -0.1) is 0 Å². The van der Waals surface area contributed by atoms with Gasteiger partial charge in [0.2, 0.25) is 0 Å². The molecule has 0 unspecified atom stereocenters. The Morgan fingerprint density at radius 1 is 1.47 bits per heavy atom. The summed E-state index contributed by atoms with van der Waals surface area (Å²) in [4.78, 5) is 2.57. The van der Waals surface area contributed by atoms with Gasteiger partial charge >= 0.3 is 0 Å². The highest BCUT2D eigenvalue weighted by Crippen LogP contribution is 2.40. The van der Waals surface area contributed by atoms with Crippen molar-refractivity contribution in [2.75, 3.05) is 26.8 Å². The van der Waals surface area contributed by atoms with Gasteiger partial charge in [0.1, 0.15) is 0 Å². The summed E-state index contributed by atoms with van der Waals surface area (Å²) in [5.74, 6) is 0. The Morgan fingerprint density at radius 2 is 2.27 bits per heavy atom. The molecule has 0 aromatic heterocycles. The Balaban J connectivity index is 1.97. The first-order valence-electron chi connectivity index (χ1n) is 6.06. The molecular weight excluding hydrogens is 190 g/mol. The van der Waals surface area contributed by atoms with Crippen LogP contribution in [0.1, 0.15) is 33.1 Å². The second-order valence-electron chi connectivity index (χ2n) is 5.20. The fourth-order valence-electron chi connectivity index (χ4n) is 2.95. The summed E-state index contributed by atoms with van der Waals surface area (Å²) in [5.41, 5.74) is 0.297. The van der Waals surface area contributed by atoms with Crippen molar-refractivity contribution in [3.05, 3.63) is 0 Å². The predicted octanol–water partition coefficient (Wildman–Crippen LogP) is 1.66. The molecule has 88 valence electrons. The van der Waals surface area contributed by atoms with Crippen molar-refractivity contribution in [1.82, 2.24) is 4.90 Å². The molecule has 0 aromatic carbocycles. The minimum atomic E-state index is 0.297. The van der Waals surface area contributed by atoms with Crippen molar-refractivity contribution in [2.24, 2.45) is 0 Å². The zero-order chi connectivity index (χ0) is 10.9. The average molecular weight is 213 g/mol. The third-order valence-electron chi connectivity index (χ3n) is 3.79.